The average molecular weight is 387 g/mol. The maximum atomic E-state index is 13.5. The maximum absolute atomic E-state index is 13.5. The van der Waals surface area contributed by atoms with Crippen LogP contribution in [0.3, 0.4) is 0 Å². The van der Waals surface area contributed by atoms with Gasteiger partial charge in [-0.1, -0.05) is 12.1 Å². The number of rotatable bonds is 5. The summed E-state index contributed by atoms with van der Waals surface area (Å²) in [6.07, 6.45) is -1.09. The van der Waals surface area contributed by atoms with E-state index in [0.29, 0.717) is 16.9 Å². The second-order valence-corrected chi connectivity index (χ2v) is 7.03. The molecule has 0 bridgehead atoms. The van der Waals surface area contributed by atoms with Crippen LogP contribution in [-0.4, -0.2) is 53.3 Å². The molecule has 1 aliphatic heterocycles. The summed E-state index contributed by atoms with van der Waals surface area (Å²) in [5.41, 5.74) is -0.740. The van der Waals surface area contributed by atoms with E-state index in [9.17, 15) is 24.2 Å². The van der Waals surface area contributed by atoms with Crippen LogP contribution in [-0.2, 0) is 11.2 Å². The van der Waals surface area contributed by atoms with Crippen molar-refractivity contribution in [2.45, 2.75) is 18.9 Å². The Bertz CT molecular complexity index is 869. The smallest absolute Gasteiger partial charge is 0.314 e. The second kappa shape index (κ2) is 7.98. The van der Waals surface area contributed by atoms with Gasteiger partial charge in [-0.3, -0.25) is 9.59 Å². The van der Waals surface area contributed by atoms with Crippen molar-refractivity contribution in [1.82, 2.24) is 4.90 Å². The van der Waals surface area contributed by atoms with E-state index in [1.54, 1.807) is 30.3 Å². The lowest BCUT2D eigenvalue weighted by Gasteiger charge is -2.43. The fraction of sp³-hybridized carbons (Fsp3) is 0.333. The highest BCUT2D eigenvalue weighted by Gasteiger charge is 2.50. The zero-order valence-electron chi connectivity index (χ0n) is 15.5. The van der Waals surface area contributed by atoms with Crippen LogP contribution >= 0.6 is 0 Å². The molecule has 0 aromatic heterocycles. The van der Waals surface area contributed by atoms with E-state index in [4.69, 9.17) is 4.74 Å². The fourth-order valence-corrected chi connectivity index (χ4v) is 3.64. The van der Waals surface area contributed by atoms with Crippen molar-refractivity contribution in [3.05, 3.63) is 65.5 Å². The zero-order chi connectivity index (χ0) is 20.3. The lowest BCUT2D eigenvalue weighted by Crippen LogP contribution is -2.58. The van der Waals surface area contributed by atoms with Gasteiger partial charge in [0.2, 0.25) is 0 Å². The highest BCUT2D eigenvalue weighted by atomic mass is 19.1. The Kier molecular flexibility index (Phi) is 5.65. The van der Waals surface area contributed by atoms with Crippen LogP contribution in [0.5, 0.6) is 5.75 Å². The summed E-state index contributed by atoms with van der Waals surface area (Å²) in [4.78, 5) is 26.5. The Morgan fingerprint density at radius 2 is 1.96 bits per heavy atom. The van der Waals surface area contributed by atoms with Gasteiger partial charge >= 0.3 is 5.97 Å². The summed E-state index contributed by atoms with van der Waals surface area (Å²) < 4.78 is 18.6. The SMILES string of the molecule is COc1ccc(C(=O)N2CC[C@H](O)[C@](Cc3cccc(F)c3)(C(=O)O)C2)cc1. The summed E-state index contributed by atoms with van der Waals surface area (Å²) in [6, 6.07) is 12.2. The van der Waals surface area contributed by atoms with Crippen molar-refractivity contribution < 1.29 is 28.9 Å². The maximum Gasteiger partial charge on any atom is 0.314 e. The number of carbonyl (C=O) groups excluding carboxylic acids is 1. The Morgan fingerprint density at radius 1 is 1.25 bits per heavy atom. The molecule has 0 radical (unpaired) electrons. The molecule has 1 aliphatic rings. The van der Waals surface area contributed by atoms with E-state index in [-0.39, 0.29) is 31.8 Å². The van der Waals surface area contributed by atoms with E-state index in [0.717, 1.165) is 0 Å². The van der Waals surface area contributed by atoms with E-state index in [1.165, 1.54) is 30.2 Å². The van der Waals surface area contributed by atoms with Crippen LogP contribution in [0.4, 0.5) is 4.39 Å². The van der Waals surface area contributed by atoms with Gasteiger partial charge in [-0.25, -0.2) is 4.39 Å². The van der Waals surface area contributed by atoms with Crippen molar-refractivity contribution >= 4 is 11.9 Å². The largest absolute Gasteiger partial charge is 0.497 e. The van der Waals surface area contributed by atoms with Gasteiger partial charge in [-0.15, -0.1) is 0 Å². The van der Waals surface area contributed by atoms with Gasteiger partial charge < -0.3 is 19.8 Å². The van der Waals surface area contributed by atoms with Crippen molar-refractivity contribution in [1.29, 1.82) is 0 Å². The number of benzene rings is 2. The lowest BCUT2D eigenvalue weighted by molar-refractivity contribution is -0.161. The molecule has 1 amide bonds. The summed E-state index contributed by atoms with van der Waals surface area (Å²) in [6.45, 7) is 0.0785. The van der Waals surface area contributed by atoms with Gasteiger partial charge in [0.15, 0.2) is 0 Å². The fourth-order valence-electron chi connectivity index (χ4n) is 3.64. The van der Waals surface area contributed by atoms with Crippen LogP contribution in [0, 0.1) is 11.2 Å². The quantitative estimate of drug-likeness (QED) is 0.823. The number of likely N-dealkylation sites (tertiary alicyclic amines) is 1. The molecule has 0 aliphatic carbocycles. The third-order valence-corrected chi connectivity index (χ3v) is 5.24. The van der Waals surface area contributed by atoms with Crippen molar-refractivity contribution in [2.75, 3.05) is 20.2 Å². The standard InChI is InChI=1S/C21H22FNO5/c1-28-17-7-5-15(6-8-17)19(25)23-10-9-18(24)21(13-23,20(26)27)12-14-3-2-4-16(22)11-14/h2-8,11,18,24H,9-10,12-13H2,1H3,(H,26,27)/t18-,21+/m0/s1. The third kappa shape index (κ3) is 3.84. The zero-order valence-corrected chi connectivity index (χ0v) is 15.5. The average Bonchev–Trinajstić information content (AvgIpc) is 2.69. The number of halogens is 1. The molecule has 1 saturated heterocycles. The van der Waals surface area contributed by atoms with Crippen LogP contribution in [0.15, 0.2) is 48.5 Å². The van der Waals surface area contributed by atoms with Gasteiger partial charge in [0.25, 0.3) is 5.91 Å². The summed E-state index contributed by atoms with van der Waals surface area (Å²) in [5, 5.41) is 20.4. The molecule has 0 saturated carbocycles. The molecule has 1 heterocycles. The molecule has 2 atom stereocenters. The van der Waals surface area contributed by atoms with E-state index >= 15 is 0 Å². The first kappa shape index (κ1) is 19.8. The number of carboxylic acid groups (broad SMARTS) is 1. The number of aliphatic hydroxyl groups excluding tert-OH is 1. The van der Waals surface area contributed by atoms with Crippen molar-refractivity contribution in [3.8, 4) is 5.75 Å². The minimum atomic E-state index is -1.60. The van der Waals surface area contributed by atoms with Gasteiger partial charge in [0.05, 0.1) is 13.2 Å². The van der Waals surface area contributed by atoms with Crippen LogP contribution < -0.4 is 4.74 Å². The van der Waals surface area contributed by atoms with Crippen LogP contribution in [0.1, 0.15) is 22.3 Å². The molecule has 0 unspecified atom stereocenters. The predicted octanol–water partition coefficient (Wildman–Crippen LogP) is 2.35. The molecule has 28 heavy (non-hydrogen) atoms. The molecule has 148 valence electrons. The van der Waals surface area contributed by atoms with Gasteiger partial charge in [0.1, 0.15) is 17.0 Å². The van der Waals surface area contributed by atoms with Gasteiger partial charge in [-0.05, 0) is 54.8 Å². The van der Waals surface area contributed by atoms with E-state index in [1.807, 2.05) is 0 Å². The summed E-state index contributed by atoms with van der Waals surface area (Å²) in [5.74, 6) is -1.40. The highest BCUT2D eigenvalue weighted by molar-refractivity contribution is 5.95. The second-order valence-electron chi connectivity index (χ2n) is 7.03. The molecule has 0 spiro atoms. The predicted molar refractivity (Wildman–Crippen MR) is 99.7 cm³/mol. The molecule has 2 aromatic rings. The number of hydrogen-bond acceptors (Lipinski definition) is 4. The molecule has 2 aromatic carbocycles. The number of nitrogens with zero attached hydrogens (tertiary/aromatic N) is 1. The van der Waals surface area contributed by atoms with Crippen molar-refractivity contribution in [3.63, 3.8) is 0 Å². The molecule has 1 fully saturated rings. The number of piperidine rings is 1. The molecule has 6 nitrogen and oxygen atoms in total. The number of aliphatic carboxylic acids is 1. The van der Waals surface area contributed by atoms with Gasteiger partial charge in [0, 0.05) is 18.7 Å². The highest BCUT2D eigenvalue weighted by Crippen LogP contribution is 2.35. The van der Waals surface area contributed by atoms with E-state index in [2.05, 4.69) is 0 Å². The Morgan fingerprint density at radius 3 is 2.57 bits per heavy atom. The minimum Gasteiger partial charge on any atom is -0.497 e. The summed E-state index contributed by atoms with van der Waals surface area (Å²) >= 11 is 0. The number of amides is 1. The number of hydrogen-bond donors (Lipinski definition) is 2. The number of aliphatic hydroxyl groups is 1. The number of ether oxygens (including phenoxy) is 1. The number of carbonyl (C=O) groups is 2. The molecule has 2 N–H and O–H groups in total. The topological polar surface area (TPSA) is 87.1 Å². The van der Waals surface area contributed by atoms with E-state index < -0.39 is 23.3 Å². The Hall–Kier alpha value is -2.93. The first-order valence-electron chi connectivity index (χ1n) is 8.95. The van der Waals surface area contributed by atoms with Gasteiger partial charge in [-0.2, -0.15) is 0 Å². The molecular weight excluding hydrogens is 365 g/mol. The van der Waals surface area contributed by atoms with Crippen LogP contribution in [0.25, 0.3) is 0 Å². The Balaban J connectivity index is 1.87. The molecule has 7 heteroatoms. The first-order chi connectivity index (χ1) is 13.4. The monoisotopic (exact) mass is 387 g/mol. The molecular formula is C21H22FNO5. The number of methoxy groups -OCH3 is 1. The summed E-state index contributed by atoms with van der Waals surface area (Å²) in [7, 11) is 1.52. The van der Waals surface area contributed by atoms with Crippen molar-refractivity contribution in [2.24, 2.45) is 5.41 Å². The normalized spacial score (nSPS) is 22.0. The minimum absolute atomic E-state index is 0.0757. The molecule has 3 rings (SSSR count). The first-order valence-corrected chi connectivity index (χ1v) is 8.95. The third-order valence-electron chi connectivity index (χ3n) is 5.24. The number of carboxylic acids is 1. The van der Waals surface area contributed by atoms with Crippen LogP contribution in [0.2, 0.25) is 0 Å². The lowest BCUT2D eigenvalue weighted by atomic mass is 9.72. The Labute approximate surface area is 162 Å².